The van der Waals surface area contributed by atoms with Gasteiger partial charge in [-0.1, -0.05) is 73.5 Å². The van der Waals surface area contributed by atoms with Crippen LogP contribution >= 0.6 is 0 Å². The molecule has 0 aliphatic carbocycles. The van der Waals surface area contributed by atoms with Crippen LogP contribution in [0.2, 0.25) is 0 Å². The molecule has 7 nitrogen and oxygen atoms in total. The summed E-state index contributed by atoms with van der Waals surface area (Å²) in [5.74, 6) is -2.08. The second kappa shape index (κ2) is 15.4. The molecule has 0 aliphatic rings. The van der Waals surface area contributed by atoms with Crippen LogP contribution < -0.4 is 9.62 Å². The maximum absolute atomic E-state index is 14.4. The molecule has 4 aromatic carbocycles. The minimum atomic E-state index is -4.34. The van der Waals surface area contributed by atoms with Crippen molar-refractivity contribution in [3.8, 4) is 0 Å². The molecule has 1 unspecified atom stereocenters. The molecule has 0 radical (unpaired) electrons. The van der Waals surface area contributed by atoms with Gasteiger partial charge in [0, 0.05) is 19.5 Å². The maximum Gasteiger partial charge on any atom is 0.264 e. The second-order valence-electron chi connectivity index (χ2n) is 10.8. The van der Waals surface area contributed by atoms with Crippen molar-refractivity contribution in [2.45, 2.75) is 50.6 Å². The van der Waals surface area contributed by atoms with Gasteiger partial charge in [0.2, 0.25) is 11.8 Å². The molecule has 1 atom stereocenters. The van der Waals surface area contributed by atoms with Crippen molar-refractivity contribution in [3.05, 3.63) is 131 Å². The molecular weight excluding hydrogens is 596 g/mol. The summed E-state index contributed by atoms with van der Waals surface area (Å²) in [5.41, 5.74) is 2.48. The lowest BCUT2D eigenvalue weighted by Crippen LogP contribution is -2.53. The molecule has 1 N–H and O–H groups in total. The minimum absolute atomic E-state index is 0.0733. The fraction of sp³-hybridized carbons (Fsp3) is 0.257. The summed E-state index contributed by atoms with van der Waals surface area (Å²) in [5, 5.41) is 2.93. The standard InChI is InChI=1S/C35H37F2N3O4S/c1-3-4-22-38-35(42)33(23-27-8-6-5-7-9-27)39(24-28-12-14-29(36)15-13-28)34(41)25-40(31-18-10-26(2)11-19-31)45(43,44)32-20-16-30(37)17-21-32/h5-21,33H,3-4,22-25H2,1-2H3,(H,38,42). The van der Waals surface area contributed by atoms with Crippen LogP contribution in [0.25, 0.3) is 0 Å². The Balaban J connectivity index is 1.78. The maximum atomic E-state index is 14.4. The van der Waals surface area contributed by atoms with Crippen molar-refractivity contribution < 1.29 is 26.8 Å². The van der Waals surface area contributed by atoms with Crippen molar-refractivity contribution in [1.82, 2.24) is 10.2 Å². The number of carbonyl (C=O) groups is 2. The van der Waals surface area contributed by atoms with Gasteiger partial charge in [-0.05, 0) is 73.0 Å². The van der Waals surface area contributed by atoms with Gasteiger partial charge in [-0.3, -0.25) is 13.9 Å². The summed E-state index contributed by atoms with van der Waals surface area (Å²) in [6, 6.07) is 24.8. The highest BCUT2D eigenvalue weighted by molar-refractivity contribution is 7.92. The van der Waals surface area contributed by atoms with E-state index in [1.807, 2.05) is 44.2 Å². The first-order valence-corrected chi connectivity index (χ1v) is 16.2. The lowest BCUT2D eigenvalue weighted by molar-refractivity contribution is -0.140. The number of aryl methyl sites for hydroxylation is 1. The fourth-order valence-electron chi connectivity index (χ4n) is 4.82. The third-order valence-corrected chi connectivity index (χ3v) is 9.16. The number of halogens is 2. The highest BCUT2D eigenvalue weighted by Crippen LogP contribution is 2.26. The number of amides is 2. The van der Waals surface area contributed by atoms with Crippen LogP contribution in [0.1, 0.15) is 36.5 Å². The lowest BCUT2D eigenvalue weighted by Gasteiger charge is -2.34. The highest BCUT2D eigenvalue weighted by Gasteiger charge is 2.34. The van der Waals surface area contributed by atoms with Gasteiger partial charge in [-0.25, -0.2) is 17.2 Å². The molecule has 4 rings (SSSR count). The molecule has 0 aliphatic heterocycles. The molecule has 4 aromatic rings. The molecule has 0 fully saturated rings. The Bertz CT molecular complexity index is 1670. The van der Waals surface area contributed by atoms with Crippen molar-refractivity contribution in [2.75, 3.05) is 17.4 Å². The number of nitrogens with zero attached hydrogens (tertiary/aromatic N) is 2. The molecule has 10 heteroatoms. The summed E-state index contributed by atoms with van der Waals surface area (Å²) >= 11 is 0. The van der Waals surface area contributed by atoms with Gasteiger partial charge in [0.15, 0.2) is 0 Å². The molecule has 0 aromatic heterocycles. The first-order valence-electron chi connectivity index (χ1n) is 14.8. The van der Waals surface area contributed by atoms with E-state index in [1.54, 1.807) is 24.3 Å². The normalized spacial score (nSPS) is 11.9. The number of hydrogen-bond acceptors (Lipinski definition) is 4. The van der Waals surface area contributed by atoms with Crippen LogP contribution in [-0.2, 0) is 32.6 Å². The van der Waals surface area contributed by atoms with E-state index < -0.39 is 40.2 Å². The fourth-order valence-corrected chi connectivity index (χ4v) is 6.23. The smallest absolute Gasteiger partial charge is 0.264 e. The largest absolute Gasteiger partial charge is 0.354 e. The van der Waals surface area contributed by atoms with Crippen LogP contribution in [0.15, 0.2) is 108 Å². The number of unbranched alkanes of at least 4 members (excludes halogenated alkanes) is 1. The molecule has 236 valence electrons. The molecule has 0 bridgehead atoms. The van der Waals surface area contributed by atoms with Crippen molar-refractivity contribution in [3.63, 3.8) is 0 Å². The second-order valence-corrected chi connectivity index (χ2v) is 12.7. The van der Waals surface area contributed by atoms with E-state index in [-0.39, 0.29) is 29.5 Å². The molecule has 0 saturated carbocycles. The molecule has 2 amide bonds. The Morgan fingerprint density at radius 3 is 2.00 bits per heavy atom. The number of rotatable bonds is 14. The SMILES string of the molecule is CCCCNC(=O)C(Cc1ccccc1)N(Cc1ccc(F)cc1)C(=O)CN(c1ccc(C)cc1)S(=O)(=O)c1ccc(F)cc1. The van der Waals surface area contributed by atoms with Gasteiger partial charge in [0.25, 0.3) is 10.0 Å². The highest BCUT2D eigenvalue weighted by atomic mass is 32.2. The summed E-state index contributed by atoms with van der Waals surface area (Å²) in [6.45, 7) is 3.55. The number of hydrogen-bond donors (Lipinski definition) is 1. The van der Waals surface area contributed by atoms with Gasteiger partial charge in [-0.2, -0.15) is 0 Å². The van der Waals surface area contributed by atoms with E-state index >= 15 is 0 Å². The summed E-state index contributed by atoms with van der Waals surface area (Å²) < 4.78 is 56.4. The van der Waals surface area contributed by atoms with Crippen LogP contribution in [-0.4, -0.2) is 44.3 Å². The molecule has 0 spiro atoms. The van der Waals surface area contributed by atoms with E-state index in [2.05, 4.69) is 5.32 Å². The van der Waals surface area contributed by atoms with Crippen LogP contribution in [0, 0.1) is 18.6 Å². The predicted molar refractivity (Wildman–Crippen MR) is 171 cm³/mol. The monoisotopic (exact) mass is 633 g/mol. The zero-order chi connectivity index (χ0) is 32.4. The van der Waals surface area contributed by atoms with Gasteiger partial charge < -0.3 is 10.2 Å². The number of nitrogens with one attached hydrogen (secondary N) is 1. The Kier molecular flexibility index (Phi) is 11.4. The molecule has 0 saturated heterocycles. The Labute approximate surface area is 263 Å². The average Bonchev–Trinajstić information content (AvgIpc) is 3.03. The average molecular weight is 634 g/mol. The predicted octanol–water partition coefficient (Wildman–Crippen LogP) is 6.02. The van der Waals surface area contributed by atoms with Gasteiger partial charge >= 0.3 is 0 Å². The van der Waals surface area contributed by atoms with Crippen LogP contribution in [0.5, 0.6) is 0 Å². The van der Waals surface area contributed by atoms with E-state index in [0.29, 0.717) is 12.1 Å². The van der Waals surface area contributed by atoms with Gasteiger partial charge in [0.05, 0.1) is 10.6 Å². The van der Waals surface area contributed by atoms with Crippen LogP contribution in [0.3, 0.4) is 0 Å². The summed E-state index contributed by atoms with van der Waals surface area (Å²) in [4.78, 5) is 29.2. The lowest BCUT2D eigenvalue weighted by atomic mass is 10.0. The first kappa shape index (κ1) is 33.3. The van der Waals surface area contributed by atoms with Crippen LogP contribution in [0.4, 0.5) is 14.5 Å². The van der Waals surface area contributed by atoms with E-state index in [1.165, 1.54) is 29.2 Å². The molecule has 45 heavy (non-hydrogen) atoms. The number of carbonyl (C=O) groups excluding carboxylic acids is 2. The van der Waals surface area contributed by atoms with Gasteiger partial charge in [0.1, 0.15) is 24.2 Å². The minimum Gasteiger partial charge on any atom is -0.354 e. The van der Waals surface area contributed by atoms with Gasteiger partial charge in [-0.15, -0.1) is 0 Å². The van der Waals surface area contributed by atoms with E-state index in [4.69, 9.17) is 0 Å². The third kappa shape index (κ3) is 8.98. The van der Waals surface area contributed by atoms with Crippen molar-refractivity contribution in [1.29, 1.82) is 0 Å². The summed E-state index contributed by atoms with van der Waals surface area (Å²) in [7, 11) is -4.34. The number of anilines is 1. The summed E-state index contributed by atoms with van der Waals surface area (Å²) in [6.07, 6.45) is 1.77. The molecular formula is C35H37F2N3O4S. The number of sulfonamides is 1. The first-order chi connectivity index (χ1) is 21.6. The zero-order valence-corrected chi connectivity index (χ0v) is 26.1. The molecule has 0 heterocycles. The Hall–Kier alpha value is -4.57. The third-order valence-electron chi connectivity index (χ3n) is 7.37. The van der Waals surface area contributed by atoms with E-state index in [0.717, 1.165) is 52.5 Å². The topological polar surface area (TPSA) is 86.8 Å². The van der Waals surface area contributed by atoms with Crippen molar-refractivity contribution in [2.24, 2.45) is 0 Å². The number of benzene rings is 4. The zero-order valence-electron chi connectivity index (χ0n) is 25.3. The van der Waals surface area contributed by atoms with E-state index in [9.17, 15) is 26.8 Å². The quantitative estimate of drug-likeness (QED) is 0.172. The Morgan fingerprint density at radius 1 is 0.800 bits per heavy atom. The van der Waals surface area contributed by atoms with Crippen molar-refractivity contribution >= 4 is 27.5 Å². The Morgan fingerprint density at radius 2 is 1.40 bits per heavy atom.